The van der Waals surface area contributed by atoms with E-state index in [0.717, 1.165) is 22.5 Å². The average Bonchev–Trinajstić information content (AvgIpc) is 2.36. The molecule has 1 heterocycles. The van der Waals surface area contributed by atoms with Crippen LogP contribution in [0.2, 0.25) is 0 Å². The van der Waals surface area contributed by atoms with Crippen molar-refractivity contribution in [3.63, 3.8) is 0 Å². The Bertz CT molecular complexity index is 529. The van der Waals surface area contributed by atoms with Crippen molar-refractivity contribution < 1.29 is 9.53 Å². The normalized spacial score (nSPS) is 16.3. The SMILES string of the molecule is CCOC(=O)/C=C1\C=C(C)N(C)c2ccccc21. The summed E-state index contributed by atoms with van der Waals surface area (Å²) in [6.45, 7) is 4.22. The molecule has 3 heteroatoms. The molecule has 0 aliphatic carbocycles. The van der Waals surface area contributed by atoms with Crippen LogP contribution in [0.25, 0.3) is 5.57 Å². The Morgan fingerprint density at radius 3 is 2.83 bits per heavy atom. The zero-order valence-electron chi connectivity index (χ0n) is 10.9. The van der Waals surface area contributed by atoms with Gasteiger partial charge in [0.2, 0.25) is 0 Å². The first-order valence-electron chi connectivity index (χ1n) is 6.03. The van der Waals surface area contributed by atoms with Gasteiger partial charge in [0, 0.05) is 30.1 Å². The summed E-state index contributed by atoms with van der Waals surface area (Å²) < 4.78 is 4.96. The number of esters is 1. The average molecular weight is 243 g/mol. The van der Waals surface area contributed by atoms with Gasteiger partial charge in [0.25, 0.3) is 0 Å². The first kappa shape index (κ1) is 12.4. The number of nitrogens with zero attached hydrogens (tertiary/aromatic N) is 1. The highest BCUT2D eigenvalue weighted by Crippen LogP contribution is 2.34. The summed E-state index contributed by atoms with van der Waals surface area (Å²) >= 11 is 0. The third-order valence-corrected chi connectivity index (χ3v) is 3.03. The fraction of sp³-hybridized carbons (Fsp3) is 0.267. The molecule has 94 valence electrons. The Morgan fingerprint density at radius 2 is 2.11 bits per heavy atom. The van der Waals surface area contributed by atoms with Crippen molar-refractivity contribution in [3.8, 4) is 0 Å². The smallest absolute Gasteiger partial charge is 0.331 e. The van der Waals surface area contributed by atoms with Gasteiger partial charge in [-0.2, -0.15) is 0 Å². The molecule has 0 spiro atoms. The van der Waals surface area contributed by atoms with Crippen LogP contribution in [0.1, 0.15) is 19.4 Å². The number of carbonyl (C=O) groups is 1. The van der Waals surface area contributed by atoms with Crippen molar-refractivity contribution in [2.45, 2.75) is 13.8 Å². The van der Waals surface area contributed by atoms with E-state index < -0.39 is 0 Å². The topological polar surface area (TPSA) is 29.5 Å². The Morgan fingerprint density at radius 1 is 1.39 bits per heavy atom. The number of rotatable bonds is 2. The van der Waals surface area contributed by atoms with E-state index in [4.69, 9.17) is 4.74 Å². The summed E-state index contributed by atoms with van der Waals surface area (Å²) in [6, 6.07) is 8.03. The predicted octanol–water partition coefficient (Wildman–Crippen LogP) is 2.99. The maximum Gasteiger partial charge on any atom is 0.331 e. The molecule has 0 bridgehead atoms. The predicted molar refractivity (Wildman–Crippen MR) is 73.2 cm³/mol. The molecule has 0 radical (unpaired) electrons. The molecule has 2 rings (SSSR count). The molecular formula is C15H17NO2. The second-order valence-corrected chi connectivity index (χ2v) is 4.21. The van der Waals surface area contributed by atoms with Crippen LogP contribution in [-0.2, 0) is 9.53 Å². The van der Waals surface area contributed by atoms with Gasteiger partial charge in [0.1, 0.15) is 0 Å². The minimum Gasteiger partial charge on any atom is -0.463 e. The van der Waals surface area contributed by atoms with E-state index in [0.29, 0.717) is 6.61 Å². The number of allylic oxidation sites excluding steroid dienone is 3. The third-order valence-electron chi connectivity index (χ3n) is 3.03. The van der Waals surface area contributed by atoms with Crippen LogP contribution in [-0.4, -0.2) is 19.6 Å². The van der Waals surface area contributed by atoms with Gasteiger partial charge in [-0.15, -0.1) is 0 Å². The fourth-order valence-corrected chi connectivity index (χ4v) is 2.03. The molecule has 3 nitrogen and oxygen atoms in total. The van der Waals surface area contributed by atoms with Crippen molar-refractivity contribution in [1.29, 1.82) is 0 Å². The molecule has 0 unspecified atom stereocenters. The van der Waals surface area contributed by atoms with Crippen molar-refractivity contribution in [2.75, 3.05) is 18.6 Å². The van der Waals surface area contributed by atoms with Crippen LogP contribution in [0.4, 0.5) is 5.69 Å². The lowest BCUT2D eigenvalue weighted by molar-refractivity contribution is -0.137. The molecule has 0 amide bonds. The molecule has 0 aromatic heterocycles. The van der Waals surface area contributed by atoms with E-state index >= 15 is 0 Å². The number of hydrogen-bond donors (Lipinski definition) is 0. The van der Waals surface area contributed by atoms with E-state index in [-0.39, 0.29) is 5.97 Å². The molecule has 1 aliphatic rings. The lowest BCUT2D eigenvalue weighted by Crippen LogP contribution is -2.19. The van der Waals surface area contributed by atoms with Crippen molar-refractivity contribution in [1.82, 2.24) is 0 Å². The molecule has 0 atom stereocenters. The Hall–Kier alpha value is -2.03. The highest BCUT2D eigenvalue weighted by atomic mass is 16.5. The van der Waals surface area contributed by atoms with Crippen molar-refractivity contribution in [3.05, 3.63) is 47.7 Å². The lowest BCUT2D eigenvalue weighted by atomic mass is 9.98. The van der Waals surface area contributed by atoms with Crippen LogP contribution in [0, 0.1) is 0 Å². The summed E-state index contributed by atoms with van der Waals surface area (Å²) in [5.74, 6) is -0.295. The van der Waals surface area contributed by atoms with Gasteiger partial charge in [-0.05, 0) is 31.6 Å². The van der Waals surface area contributed by atoms with Crippen molar-refractivity contribution >= 4 is 17.2 Å². The summed E-state index contributed by atoms with van der Waals surface area (Å²) in [7, 11) is 2.02. The molecule has 18 heavy (non-hydrogen) atoms. The number of benzene rings is 1. The van der Waals surface area contributed by atoms with Gasteiger partial charge in [0.15, 0.2) is 0 Å². The molecule has 0 saturated heterocycles. The highest BCUT2D eigenvalue weighted by Gasteiger charge is 2.17. The van der Waals surface area contributed by atoms with E-state index in [2.05, 4.69) is 4.90 Å². The van der Waals surface area contributed by atoms with Gasteiger partial charge >= 0.3 is 5.97 Å². The second-order valence-electron chi connectivity index (χ2n) is 4.21. The fourth-order valence-electron chi connectivity index (χ4n) is 2.03. The minimum atomic E-state index is -0.295. The Kier molecular flexibility index (Phi) is 3.51. The minimum absolute atomic E-state index is 0.295. The Balaban J connectivity index is 2.45. The van der Waals surface area contributed by atoms with Gasteiger partial charge < -0.3 is 9.64 Å². The van der Waals surface area contributed by atoms with Gasteiger partial charge in [0.05, 0.1) is 6.61 Å². The highest BCUT2D eigenvalue weighted by molar-refractivity contribution is 5.98. The van der Waals surface area contributed by atoms with E-state index in [1.54, 1.807) is 13.0 Å². The van der Waals surface area contributed by atoms with Gasteiger partial charge in [-0.25, -0.2) is 4.79 Å². The van der Waals surface area contributed by atoms with Crippen LogP contribution < -0.4 is 4.90 Å². The first-order chi connectivity index (χ1) is 8.63. The quantitative estimate of drug-likeness (QED) is 0.590. The molecule has 0 saturated carbocycles. The van der Waals surface area contributed by atoms with Crippen LogP contribution in [0.5, 0.6) is 0 Å². The maximum atomic E-state index is 11.6. The third kappa shape index (κ3) is 2.30. The first-order valence-corrected chi connectivity index (χ1v) is 6.03. The number of para-hydroxylation sites is 1. The molecule has 1 aromatic rings. The van der Waals surface area contributed by atoms with Crippen LogP contribution in [0.15, 0.2) is 42.1 Å². The number of carbonyl (C=O) groups excluding carboxylic acids is 1. The van der Waals surface area contributed by atoms with E-state index in [9.17, 15) is 4.79 Å². The summed E-state index contributed by atoms with van der Waals surface area (Å²) in [4.78, 5) is 13.7. The zero-order chi connectivity index (χ0) is 13.1. The standard InChI is InChI=1S/C15H17NO2/c1-4-18-15(17)10-12-9-11(2)16(3)14-8-6-5-7-13(12)14/h5-10H,4H2,1-3H3/b12-10+. The summed E-state index contributed by atoms with van der Waals surface area (Å²) in [6.07, 6.45) is 3.55. The number of anilines is 1. The van der Waals surface area contributed by atoms with Crippen LogP contribution >= 0.6 is 0 Å². The largest absolute Gasteiger partial charge is 0.463 e. The van der Waals surface area contributed by atoms with Gasteiger partial charge in [-0.1, -0.05) is 18.2 Å². The number of hydrogen-bond acceptors (Lipinski definition) is 3. The second kappa shape index (κ2) is 5.08. The summed E-state index contributed by atoms with van der Waals surface area (Å²) in [5, 5.41) is 0. The van der Waals surface area contributed by atoms with Crippen molar-refractivity contribution in [2.24, 2.45) is 0 Å². The molecule has 0 N–H and O–H groups in total. The molecular weight excluding hydrogens is 226 g/mol. The van der Waals surface area contributed by atoms with E-state index in [1.807, 2.05) is 44.3 Å². The lowest BCUT2D eigenvalue weighted by Gasteiger charge is -2.28. The monoisotopic (exact) mass is 243 g/mol. The molecule has 1 aliphatic heterocycles. The Labute approximate surface area is 107 Å². The maximum absolute atomic E-state index is 11.6. The summed E-state index contributed by atoms with van der Waals surface area (Å²) in [5.41, 5.74) is 4.16. The number of fused-ring (bicyclic) bond motifs is 1. The molecule has 0 fully saturated rings. The van der Waals surface area contributed by atoms with E-state index in [1.165, 1.54) is 0 Å². The number of ether oxygens (including phenoxy) is 1. The van der Waals surface area contributed by atoms with Crippen LogP contribution in [0.3, 0.4) is 0 Å². The molecule has 1 aromatic carbocycles. The zero-order valence-corrected chi connectivity index (χ0v) is 10.9. The van der Waals surface area contributed by atoms with Gasteiger partial charge in [-0.3, -0.25) is 0 Å².